The fourth-order valence-electron chi connectivity index (χ4n) is 1.36. The zero-order valence-electron chi connectivity index (χ0n) is 10.5. The van der Waals surface area contributed by atoms with Gasteiger partial charge in [0.2, 0.25) is 5.88 Å². The van der Waals surface area contributed by atoms with Gasteiger partial charge >= 0.3 is 0 Å². The first-order valence-corrected chi connectivity index (χ1v) is 6.00. The minimum Gasteiger partial charge on any atom is -0.476 e. The molecule has 94 valence electrons. The Labute approximate surface area is 102 Å². The van der Waals surface area contributed by atoms with E-state index in [1.54, 1.807) is 6.20 Å². The predicted molar refractivity (Wildman–Crippen MR) is 67.3 cm³/mol. The molecule has 0 amide bonds. The lowest BCUT2D eigenvalue weighted by Gasteiger charge is -2.05. The SMILES string of the molecule is CCC(=O)CCc1ccc(OCCNC)nc1. The molecule has 0 saturated heterocycles. The maximum atomic E-state index is 11.2. The van der Waals surface area contributed by atoms with Crippen LogP contribution in [0.1, 0.15) is 25.3 Å². The van der Waals surface area contributed by atoms with Crippen molar-refractivity contribution in [2.45, 2.75) is 26.2 Å². The predicted octanol–water partition coefficient (Wildman–Crippen LogP) is 1.59. The second-order valence-corrected chi connectivity index (χ2v) is 3.85. The molecule has 1 N–H and O–H groups in total. The van der Waals surface area contributed by atoms with Crippen LogP contribution in [0.5, 0.6) is 5.88 Å². The van der Waals surface area contributed by atoms with Crippen LogP contribution < -0.4 is 10.1 Å². The first kappa shape index (κ1) is 13.6. The number of aryl methyl sites for hydroxylation is 1. The highest BCUT2D eigenvalue weighted by Gasteiger charge is 2.01. The molecule has 0 bridgehead atoms. The van der Waals surface area contributed by atoms with Crippen LogP contribution in [0.15, 0.2) is 18.3 Å². The number of likely N-dealkylation sites (N-methyl/N-ethyl adjacent to an activating group) is 1. The highest BCUT2D eigenvalue weighted by molar-refractivity contribution is 5.78. The van der Waals surface area contributed by atoms with Crippen molar-refractivity contribution in [2.75, 3.05) is 20.2 Å². The van der Waals surface area contributed by atoms with E-state index in [2.05, 4.69) is 10.3 Å². The number of carbonyl (C=O) groups excluding carboxylic acids is 1. The molecule has 1 heterocycles. The monoisotopic (exact) mass is 236 g/mol. The zero-order valence-corrected chi connectivity index (χ0v) is 10.5. The number of nitrogens with one attached hydrogen (secondary N) is 1. The topological polar surface area (TPSA) is 51.2 Å². The number of ether oxygens (including phenoxy) is 1. The van der Waals surface area contributed by atoms with Crippen molar-refractivity contribution in [1.29, 1.82) is 0 Å². The summed E-state index contributed by atoms with van der Waals surface area (Å²) in [5, 5.41) is 3.00. The maximum Gasteiger partial charge on any atom is 0.213 e. The molecule has 1 aromatic rings. The fraction of sp³-hybridized carbons (Fsp3) is 0.538. The van der Waals surface area contributed by atoms with E-state index >= 15 is 0 Å². The number of nitrogens with zero attached hydrogens (tertiary/aromatic N) is 1. The molecule has 0 spiro atoms. The highest BCUT2D eigenvalue weighted by Crippen LogP contribution is 2.09. The molecule has 0 aromatic carbocycles. The molecule has 1 rings (SSSR count). The Balaban J connectivity index is 2.36. The Morgan fingerprint density at radius 1 is 1.47 bits per heavy atom. The lowest BCUT2D eigenvalue weighted by atomic mass is 10.1. The van der Waals surface area contributed by atoms with E-state index in [4.69, 9.17) is 4.74 Å². The van der Waals surface area contributed by atoms with Crippen molar-refractivity contribution < 1.29 is 9.53 Å². The Morgan fingerprint density at radius 2 is 2.29 bits per heavy atom. The first-order chi connectivity index (χ1) is 8.26. The summed E-state index contributed by atoms with van der Waals surface area (Å²) in [6, 6.07) is 3.81. The zero-order chi connectivity index (χ0) is 12.5. The summed E-state index contributed by atoms with van der Waals surface area (Å²) in [6.07, 6.45) is 3.74. The largest absolute Gasteiger partial charge is 0.476 e. The molecule has 17 heavy (non-hydrogen) atoms. The number of ketones is 1. The van der Waals surface area contributed by atoms with E-state index in [-0.39, 0.29) is 0 Å². The summed E-state index contributed by atoms with van der Waals surface area (Å²) in [5.41, 5.74) is 1.08. The van der Waals surface area contributed by atoms with E-state index < -0.39 is 0 Å². The number of aromatic nitrogens is 1. The lowest BCUT2D eigenvalue weighted by Crippen LogP contribution is -2.16. The Hall–Kier alpha value is -1.42. The van der Waals surface area contributed by atoms with E-state index in [1.807, 2.05) is 26.1 Å². The van der Waals surface area contributed by atoms with Crippen molar-refractivity contribution in [3.05, 3.63) is 23.9 Å². The summed E-state index contributed by atoms with van der Waals surface area (Å²) in [4.78, 5) is 15.4. The van der Waals surface area contributed by atoms with Gasteiger partial charge in [-0.15, -0.1) is 0 Å². The van der Waals surface area contributed by atoms with Crippen LogP contribution in [0.2, 0.25) is 0 Å². The van der Waals surface area contributed by atoms with Gasteiger partial charge in [-0.3, -0.25) is 4.79 Å². The summed E-state index contributed by atoms with van der Waals surface area (Å²) < 4.78 is 5.41. The normalized spacial score (nSPS) is 10.2. The molecule has 0 atom stereocenters. The minimum atomic E-state index is 0.291. The Morgan fingerprint density at radius 3 is 2.88 bits per heavy atom. The van der Waals surface area contributed by atoms with E-state index in [9.17, 15) is 4.79 Å². The average molecular weight is 236 g/mol. The molecule has 0 unspecified atom stereocenters. The number of hydrogen-bond acceptors (Lipinski definition) is 4. The number of carbonyl (C=O) groups is 1. The van der Waals surface area contributed by atoms with E-state index in [1.165, 1.54) is 0 Å². The molecule has 1 aromatic heterocycles. The van der Waals surface area contributed by atoms with E-state index in [0.717, 1.165) is 18.5 Å². The van der Waals surface area contributed by atoms with Gasteiger partial charge in [-0.05, 0) is 19.0 Å². The molecule has 0 aliphatic carbocycles. The molecule has 0 aliphatic rings. The average Bonchev–Trinajstić information content (AvgIpc) is 2.37. The quantitative estimate of drug-likeness (QED) is 0.696. The third kappa shape index (κ3) is 5.45. The van der Waals surface area contributed by atoms with Crippen LogP contribution in [0.3, 0.4) is 0 Å². The van der Waals surface area contributed by atoms with Crippen LogP contribution in [-0.4, -0.2) is 31.0 Å². The van der Waals surface area contributed by atoms with Crippen molar-refractivity contribution in [3.8, 4) is 5.88 Å². The van der Waals surface area contributed by atoms with Crippen molar-refractivity contribution >= 4 is 5.78 Å². The van der Waals surface area contributed by atoms with Crippen molar-refractivity contribution in [2.24, 2.45) is 0 Å². The van der Waals surface area contributed by atoms with Gasteiger partial charge in [0.1, 0.15) is 12.4 Å². The number of pyridine rings is 1. The van der Waals surface area contributed by atoms with Gasteiger partial charge in [-0.2, -0.15) is 0 Å². The second-order valence-electron chi connectivity index (χ2n) is 3.85. The smallest absolute Gasteiger partial charge is 0.213 e. The molecular weight excluding hydrogens is 216 g/mol. The molecule has 0 saturated carbocycles. The number of hydrogen-bond donors (Lipinski definition) is 1. The molecule has 0 radical (unpaired) electrons. The van der Waals surface area contributed by atoms with Gasteiger partial charge in [0.15, 0.2) is 0 Å². The Bertz CT molecular complexity index is 336. The molecule has 4 heteroatoms. The third-order valence-electron chi connectivity index (χ3n) is 2.49. The summed E-state index contributed by atoms with van der Waals surface area (Å²) >= 11 is 0. The van der Waals surface area contributed by atoms with Gasteiger partial charge in [0.25, 0.3) is 0 Å². The van der Waals surface area contributed by atoms with E-state index in [0.29, 0.717) is 31.1 Å². The fourth-order valence-corrected chi connectivity index (χ4v) is 1.36. The van der Waals surface area contributed by atoms with Gasteiger partial charge in [0.05, 0.1) is 0 Å². The maximum absolute atomic E-state index is 11.2. The van der Waals surface area contributed by atoms with Crippen molar-refractivity contribution in [3.63, 3.8) is 0 Å². The lowest BCUT2D eigenvalue weighted by molar-refractivity contribution is -0.118. The molecule has 0 aliphatic heterocycles. The third-order valence-corrected chi connectivity index (χ3v) is 2.49. The summed E-state index contributed by atoms with van der Waals surface area (Å²) in [5.74, 6) is 0.921. The molecule has 0 fully saturated rings. The van der Waals surface area contributed by atoms with Crippen LogP contribution in [-0.2, 0) is 11.2 Å². The second kappa shape index (κ2) is 7.79. The molecular formula is C13H20N2O2. The summed E-state index contributed by atoms with van der Waals surface area (Å²) in [6.45, 7) is 3.30. The highest BCUT2D eigenvalue weighted by atomic mass is 16.5. The van der Waals surface area contributed by atoms with Gasteiger partial charge in [0, 0.05) is 31.6 Å². The first-order valence-electron chi connectivity index (χ1n) is 6.00. The van der Waals surface area contributed by atoms with Crippen LogP contribution in [0.4, 0.5) is 0 Å². The van der Waals surface area contributed by atoms with Crippen LogP contribution in [0, 0.1) is 0 Å². The van der Waals surface area contributed by atoms with Crippen LogP contribution in [0.25, 0.3) is 0 Å². The van der Waals surface area contributed by atoms with Crippen molar-refractivity contribution in [1.82, 2.24) is 10.3 Å². The number of Topliss-reactive ketones (excluding diaryl/α,β-unsaturated/α-hetero) is 1. The Kier molecular flexibility index (Phi) is 6.25. The van der Waals surface area contributed by atoms with Crippen LogP contribution >= 0.6 is 0 Å². The molecule has 4 nitrogen and oxygen atoms in total. The minimum absolute atomic E-state index is 0.291. The van der Waals surface area contributed by atoms with Gasteiger partial charge < -0.3 is 10.1 Å². The van der Waals surface area contributed by atoms with Gasteiger partial charge in [-0.25, -0.2) is 4.98 Å². The summed E-state index contributed by atoms with van der Waals surface area (Å²) in [7, 11) is 1.88. The van der Waals surface area contributed by atoms with Gasteiger partial charge in [-0.1, -0.05) is 13.0 Å². The standard InChI is InChI=1S/C13H20N2O2/c1-3-12(16)6-4-11-5-7-13(15-10-11)17-9-8-14-2/h5,7,10,14H,3-4,6,8-9H2,1-2H3. The number of rotatable bonds is 8.